The molecule has 8 heteroatoms. The van der Waals surface area contributed by atoms with E-state index in [4.69, 9.17) is 26.3 Å². The molecule has 0 radical (unpaired) electrons. The van der Waals surface area contributed by atoms with Crippen LogP contribution < -0.4 is 9.64 Å². The van der Waals surface area contributed by atoms with Crippen LogP contribution in [0.4, 0.5) is 5.82 Å². The van der Waals surface area contributed by atoms with Gasteiger partial charge in [-0.15, -0.1) is 0 Å². The third kappa shape index (κ3) is 4.01. The molecule has 4 aliphatic heterocycles. The van der Waals surface area contributed by atoms with Gasteiger partial charge < -0.3 is 14.5 Å². The van der Waals surface area contributed by atoms with Gasteiger partial charge in [0.05, 0.1) is 23.1 Å². The van der Waals surface area contributed by atoms with Crippen molar-refractivity contribution >= 4 is 45.0 Å². The Hall–Kier alpha value is -3.68. The highest BCUT2D eigenvalue weighted by atomic mass is 35.5. The fourth-order valence-corrected chi connectivity index (χ4v) is 8.28. The second-order valence-corrected chi connectivity index (χ2v) is 12.6. The second-order valence-electron chi connectivity index (χ2n) is 12.2. The lowest BCUT2D eigenvalue weighted by Gasteiger charge is -2.47. The lowest BCUT2D eigenvalue weighted by molar-refractivity contribution is -0.127. The smallest absolute Gasteiger partial charge is 0.319 e. The van der Waals surface area contributed by atoms with Gasteiger partial charge in [0.1, 0.15) is 12.4 Å². The van der Waals surface area contributed by atoms with Gasteiger partial charge in [-0.2, -0.15) is 9.97 Å². The van der Waals surface area contributed by atoms with Crippen molar-refractivity contribution < 1.29 is 9.53 Å². The van der Waals surface area contributed by atoms with Crippen molar-refractivity contribution in [3.05, 3.63) is 72.3 Å². The van der Waals surface area contributed by atoms with Crippen molar-refractivity contribution in [3.63, 3.8) is 0 Å². The van der Waals surface area contributed by atoms with E-state index >= 15 is 0 Å². The van der Waals surface area contributed by atoms with Crippen LogP contribution in [0.2, 0.25) is 5.02 Å². The number of fused-ring (bicyclic) bond motifs is 4. The van der Waals surface area contributed by atoms with E-state index in [1.807, 2.05) is 17.0 Å². The highest BCUT2D eigenvalue weighted by Gasteiger charge is 2.49. The predicted molar refractivity (Wildman–Crippen MR) is 167 cm³/mol. The fraction of sp³-hybridized carbons (Fsp3) is 0.382. The number of carbonyl (C=O) groups is 1. The van der Waals surface area contributed by atoms with Crippen molar-refractivity contribution in [1.82, 2.24) is 19.8 Å². The van der Waals surface area contributed by atoms with Gasteiger partial charge in [0.15, 0.2) is 0 Å². The fourth-order valence-electron chi connectivity index (χ4n) is 7.99. The average molecular weight is 580 g/mol. The van der Waals surface area contributed by atoms with Crippen LogP contribution >= 0.6 is 11.6 Å². The highest BCUT2D eigenvalue weighted by molar-refractivity contribution is 6.36. The van der Waals surface area contributed by atoms with Crippen molar-refractivity contribution in [2.75, 3.05) is 37.7 Å². The van der Waals surface area contributed by atoms with Gasteiger partial charge in [0, 0.05) is 28.9 Å². The average Bonchev–Trinajstić information content (AvgIpc) is 3.68. The third-order valence-corrected chi connectivity index (χ3v) is 10.4. The number of rotatable bonds is 6. The molecule has 3 aromatic carbocycles. The van der Waals surface area contributed by atoms with Crippen molar-refractivity contribution in [2.24, 2.45) is 0 Å². The number of carbonyl (C=O) groups excluding carboxylic acids is 1. The van der Waals surface area contributed by atoms with Gasteiger partial charge in [0.2, 0.25) is 5.91 Å². The normalized spacial score (nSPS) is 22.8. The lowest BCUT2D eigenvalue weighted by atomic mass is 9.95. The highest BCUT2D eigenvalue weighted by Crippen LogP contribution is 2.42. The van der Waals surface area contributed by atoms with Crippen LogP contribution in [0.1, 0.15) is 32.1 Å². The predicted octanol–water partition coefficient (Wildman–Crippen LogP) is 6.09. The number of aromatic nitrogens is 2. The molecule has 0 saturated carbocycles. The van der Waals surface area contributed by atoms with E-state index in [0.29, 0.717) is 12.6 Å². The summed E-state index contributed by atoms with van der Waals surface area (Å²) < 4.78 is 6.50. The Morgan fingerprint density at radius 1 is 1.05 bits per heavy atom. The minimum Gasteiger partial charge on any atom is -0.461 e. The first kappa shape index (κ1) is 26.0. The molecule has 0 unspecified atom stereocenters. The first-order chi connectivity index (χ1) is 20.5. The summed E-state index contributed by atoms with van der Waals surface area (Å²) in [6.07, 6.45) is 7.12. The van der Waals surface area contributed by atoms with Crippen LogP contribution in [0.25, 0.3) is 32.8 Å². The Bertz CT molecular complexity index is 1730. The molecule has 8 rings (SSSR count). The van der Waals surface area contributed by atoms with Crippen molar-refractivity contribution in [3.8, 4) is 17.1 Å². The van der Waals surface area contributed by atoms with E-state index in [1.165, 1.54) is 31.8 Å². The molecule has 2 atom stereocenters. The summed E-state index contributed by atoms with van der Waals surface area (Å²) >= 11 is 6.70. The third-order valence-electron chi connectivity index (χ3n) is 10.1. The number of halogens is 1. The van der Waals surface area contributed by atoms with Gasteiger partial charge in [-0.05, 0) is 86.0 Å². The minimum atomic E-state index is 0.00838. The maximum atomic E-state index is 12.4. The molecular formula is C34H34ClN5O2. The number of hydrogen-bond donors (Lipinski definition) is 0. The van der Waals surface area contributed by atoms with E-state index in [-0.39, 0.29) is 23.5 Å². The van der Waals surface area contributed by atoms with Gasteiger partial charge in [-0.1, -0.05) is 54.6 Å². The molecule has 214 valence electrons. The molecule has 4 saturated heterocycles. The molecule has 7 nitrogen and oxygen atoms in total. The zero-order valence-corrected chi connectivity index (χ0v) is 24.4. The molecule has 4 aromatic rings. The SMILES string of the molecule is C=CC(=O)N1CC[C@@H]2[C@H]1CN2c1nc(OCC23CCCN2CCC3)nc2cc(-c3cccc4cccc(Cl)c34)ccc12. The number of nitrogens with zero attached hydrogens (tertiary/aromatic N) is 5. The Kier molecular flexibility index (Phi) is 6.16. The standard InChI is InChI=1S/C34H34ClN5O2/c1-2-30(41)39-18-13-28-29(39)20-40(28)32-25-12-11-23(24-9-3-7-22-8-4-10-26(35)31(22)24)19-27(25)36-33(37-32)42-21-34-14-5-16-38(34)17-6-15-34/h2-4,7-12,19,28-29H,1,5-6,13-18,20-21H2/t28-,29-/m1/s1. The summed E-state index contributed by atoms with van der Waals surface area (Å²) in [5.41, 5.74) is 3.09. The zero-order chi connectivity index (χ0) is 28.4. The minimum absolute atomic E-state index is 0.00838. The van der Waals surface area contributed by atoms with Crippen LogP contribution in [-0.4, -0.2) is 76.1 Å². The van der Waals surface area contributed by atoms with Crippen LogP contribution in [0.15, 0.2) is 67.3 Å². The number of benzene rings is 3. The molecule has 1 aromatic heterocycles. The van der Waals surface area contributed by atoms with Gasteiger partial charge in [-0.25, -0.2) is 0 Å². The molecule has 42 heavy (non-hydrogen) atoms. The van der Waals surface area contributed by atoms with E-state index in [9.17, 15) is 4.79 Å². The number of anilines is 1. The number of likely N-dealkylation sites (tertiary alicyclic amines) is 1. The quantitative estimate of drug-likeness (QED) is 0.258. The molecule has 4 fully saturated rings. The molecule has 4 aliphatic rings. The largest absolute Gasteiger partial charge is 0.461 e. The van der Waals surface area contributed by atoms with Gasteiger partial charge >= 0.3 is 6.01 Å². The monoisotopic (exact) mass is 579 g/mol. The van der Waals surface area contributed by atoms with Gasteiger partial charge in [0.25, 0.3) is 0 Å². The number of amides is 1. The summed E-state index contributed by atoms with van der Waals surface area (Å²) in [5.74, 6) is 0.896. The molecule has 5 heterocycles. The van der Waals surface area contributed by atoms with Crippen LogP contribution in [0.3, 0.4) is 0 Å². The first-order valence-corrected chi connectivity index (χ1v) is 15.5. The van der Waals surface area contributed by atoms with Gasteiger partial charge in [-0.3, -0.25) is 9.69 Å². The van der Waals surface area contributed by atoms with E-state index in [0.717, 1.165) is 76.2 Å². The Morgan fingerprint density at radius 3 is 2.67 bits per heavy atom. The molecular weight excluding hydrogens is 546 g/mol. The topological polar surface area (TPSA) is 61.8 Å². The lowest BCUT2D eigenvalue weighted by Crippen LogP contribution is -2.63. The van der Waals surface area contributed by atoms with E-state index in [2.05, 4.69) is 58.8 Å². The molecule has 0 aliphatic carbocycles. The van der Waals surface area contributed by atoms with E-state index in [1.54, 1.807) is 0 Å². The van der Waals surface area contributed by atoms with Crippen LogP contribution in [-0.2, 0) is 4.79 Å². The van der Waals surface area contributed by atoms with Crippen molar-refractivity contribution in [1.29, 1.82) is 0 Å². The summed E-state index contributed by atoms with van der Waals surface area (Å²) in [4.78, 5) is 29.3. The van der Waals surface area contributed by atoms with Crippen molar-refractivity contribution in [2.45, 2.75) is 49.7 Å². The summed E-state index contributed by atoms with van der Waals surface area (Å²) in [6, 6.07) is 19.6. The zero-order valence-electron chi connectivity index (χ0n) is 23.6. The Labute approximate surface area is 250 Å². The second kappa shape index (κ2) is 9.96. The van der Waals surface area contributed by atoms with Crippen LogP contribution in [0, 0.1) is 0 Å². The Morgan fingerprint density at radius 2 is 1.86 bits per heavy atom. The summed E-state index contributed by atoms with van der Waals surface area (Å²) in [5, 5.41) is 3.87. The molecule has 0 bridgehead atoms. The molecule has 0 spiro atoms. The maximum Gasteiger partial charge on any atom is 0.319 e. The summed E-state index contributed by atoms with van der Waals surface area (Å²) in [6.45, 7) is 8.11. The summed E-state index contributed by atoms with van der Waals surface area (Å²) in [7, 11) is 0. The number of hydrogen-bond acceptors (Lipinski definition) is 6. The van der Waals surface area contributed by atoms with E-state index < -0.39 is 0 Å². The molecule has 0 N–H and O–H groups in total. The first-order valence-electron chi connectivity index (χ1n) is 15.1. The number of ether oxygens (including phenoxy) is 1. The van der Waals surface area contributed by atoms with Crippen LogP contribution in [0.5, 0.6) is 6.01 Å². The molecule has 1 amide bonds. The maximum absolute atomic E-state index is 12.4. The Balaban J connectivity index is 1.20.